The molecule has 3 saturated heterocycles. The molecule has 36 heavy (non-hydrogen) atoms. The third kappa shape index (κ3) is 2.46. The smallest absolute Gasteiger partial charge is 0.196 e. The molecule has 7 aliphatic rings. The summed E-state index contributed by atoms with van der Waals surface area (Å²) < 4.78 is 6.51. The van der Waals surface area contributed by atoms with E-state index >= 15 is 0 Å². The fraction of sp³-hybridized carbons (Fsp3) is 1.00. The lowest BCUT2D eigenvalue weighted by Gasteiger charge is -2.63. The van der Waals surface area contributed by atoms with Crippen molar-refractivity contribution in [2.24, 2.45) is 40.9 Å². The lowest BCUT2D eigenvalue weighted by atomic mass is 9.49. The van der Waals surface area contributed by atoms with Crippen molar-refractivity contribution in [1.82, 2.24) is 4.90 Å². The van der Waals surface area contributed by atoms with Gasteiger partial charge in [-0.15, -0.1) is 0 Å². The van der Waals surface area contributed by atoms with Gasteiger partial charge < -0.3 is 40.5 Å². The Kier molecular flexibility index (Phi) is 4.82. The summed E-state index contributed by atoms with van der Waals surface area (Å²) in [5.74, 6) is -4.29. The molecule has 0 aromatic rings. The molecular formula is C27H43NO8. The molecule has 9 heteroatoms. The molecule has 4 aliphatic carbocycles. The van der Waals surface area contributed by atoms with Crippen LogP contribution in [0.5, 0.6) is 0 Å². The van der Waals surface area contributed by atoms with Crippen LogP contribution in [0, 0.1) is 40.9 Å². The molecule has 204 valence electrons. The number of piperidine rings is 2. The van der Waals surface area contributed by atoms with Crippen molar-refractivity contribution in [1.29, 1.82) is 0 Å². The zero-order valence-corrected chi connectivity index (χ0v) is 21.5. The maximum atomic E-state index is 12.5. The van der Waals surface area contributed by atoms with Crippen molar-refractivity contribution in [2.45, 2.75) is 112 Å². The summed E-state index contributed by atoms with van der Waals surface area (Å²) in [5, 5.41) is 81.4. The zero-order chi connectivity index (χ0) is 25.8. The average molecular weight is 510 g/mol. The molecule has 16 atom stereocenters. The number of fused-ring (bicyclic) bond motifs is 5. The Labute approximate surface area is 212 Å². The molecule has 9 nitrogen and oxygen atoms in total. The third-order valence-electron chi connectivity index (χ3n) is 12.8. The SMILES string of the molecule is C[C@H]1CC[C@@H]2N(C1)C[C@@H]1[C@H]([C@@H](O)[C@H](O)[C@]3(O)[C@H]1C[C@@]14O[C@@]5(O)[C@@H](C[C@@H](O)[C@@H]31)[C@]4(C)CC[C@@H]5O)[C@]2(C)O. The Morgan fingerprint density at radius 2 is 1.67 bits per heavy atom. The molecule has 7 fully saturated rings. The van der Waals surface area contributed by atoms with Gasteiger partial charge in [-0.2, -0.15) is 0 Å². The van der Waals surface area contributed by atoms with E-state index in [1.807, 2.05) is 6.92 Å². The van der Waals surface area contributed by atoms with Gasteiger partial charge in [0.05, 0.1) is 23.4 Å². The molecule has 7 rings (SSSR count). The van der Waals surface area contributed by atoms with Crippen molar-refractivity contribution in [3.05, 3.63) is 0 Å². The maximum absolute atomic E-state index is 12.5. The minimum absolute atomic E-state index is 0.130. The van der Waals surface area contributed by atoms with Crippen LogP contribution in [0.25, 0.3) is 0 Å². The fourth-order valence-corrected chi connectivity index (χ4v) is 11.4. The Morgan fingerprint density at radius 3 is 2.39 bits per heavy atom. The molecule has 4 saturated carbocycles. The molecule has 1 spiro atoms. The fourth-order valence-electron chi connectivity index (χ4n) is 11.4. The monoisotopic (exact) mass is 509 g/mol. The van der Waals surface area contributed by atoms with Gasteiger partial charge >= 0.3 is 0 Å². The Balaban J connectivity index is 1.37. The van der Waals surface area contributed by atoms with Crippen LogP contribution in [0.1, 0.15) is 59.3 Å². The molecular weight excluding hydrogens is 466 g/mol. The number of aliphatic hydroxyl groups excluding tert-OH is 4. The van der Waals surface area contributed by atoms with Gasteiger partial charge in [-0.1, -0.05) is 13.8 Å². The summed E-state index contributed by atoms with van der Waals surface area (Å²) in [7, 11) is 0. The Morgan fingerprint density at radius 1 is 0.944 bits per heavy atom. The predicted octanol–water partition coefficient (Wildman–Crippen LogP) is -0.814. The summed E-state index contributed by atoms with van der Waals surface area (Å²) in [6.07, 6.45) is -1.92. The molecule has 0 radical (unpaired) electrons. The standard InChI is InChI=1S/C27H43NO8/c1-12-4-5-17-24(3,33)19-13(11-28(17)10-12)14-9-25-21(26(14,34)22(32)20(19)31)15(29)8-16-23(25,2)7-6-18(30)27(16,35)36-25/h12-22,29-35H,4-11H2,1-3H3/t12-,13-,14-,15+,16-,17-,18-,19+,20+,21+,22-,23-,24+,25+,26-,27-/m0/s1. The van der Waals surface area contributed by atoms with Crippen molar-refractivity contribution in [3.8, 4) is 0 Å². The van der Waals surface area contributed by atoms with Gasteiger partial charge in [0.25, 0.3) is 0 Å². The highest BCUT2D eigenvalue weighted by Gasteiger charge is 2.86. The normalized spacial score (nSPS) is 68.0. The number of ether oxygens (including phenoxy) is 1. The zero-order valence-electron chi connectivity index (χ0n) is 21.5. The van der Waals surface area contributed by atoms with E-state index in [4.69, 9.17) is 4.74 Å². The summed E-state index contributed by atoms with van der Waals surface area (Å²) >= 11 is 0. The van der Waals surface area contributed by atoms with E-state index in [0.29, 0.717) is 31.7 Å². The van der Waals surface area contributed by atoms with E-state index < -0.39 is 76.1 Å². The average Bonchev–Trinajstić information content (AvgIpc) is 3.08. The van der Waals surface area contributed by atoms with Gasteiger partial charge in [-0.05, 0) is 63.2 Å². The van der Waals surface area contributed by atoms with Crippen molar-refractivity contribution in [3.63, 3.8) is 0 Å². The van der Waals surface area contributed by atoms with Crippen LogP contribution in [0.15, 0.2) is 0 Å². The van der Waals surface area contributed by atoms with Gasteiger partial charge in [-0.3, -0.25) is 4.90 Å². The quantitative estimate of drug-likeness (QED) is 0.222. The highest BCUT2D eigenvalue weighted by Crippen LogP contribution is 2.76. The van der Waals surface area contributed by atoms with E-state index in [1.54, 1.807) is 6.92 Å². The topological polar surface area (TPSA) is 154 Å². The minimum Gasteiger partial charge on any atom is -0.393 e. The first-order valence-electron chi connectivity index (χ1n) is 14.1. The first kappa shape index (κ1) is 24.7. The van der Waals surface area contributed by atoms with Crippen LogP contribution < -0.4 is 0 Å². The molecule has 0 amide bonds. The summed E-state index contributed by atoms with van der Waals surface area (Å²) in [4.78, 5) is 2.30. The van der Waals surface area contributed by atoms with Crippen molar-refractivity contribution < 1.29 is 40.5 Å². The first-order chi connectivity index (χ1) is 16.7. The molecule has 0 aromatic carbocycles. The number of hydrogen-bond donors (Lipinski definition) is 7. The van der Waals surface area contributed by atoms with Gasteiger partial charge in [0.15, 0.2) is 5.79 Å². The summed E-state index contributed by atoms with van der Waals surface area (Å²) in [5.41, 5.74) is -4.88. The molecule has 0 aromatic heterocycles. The highest BCUT2D eigenvalue weighted by atomic mass is 16.7. The van der Waals surface area contributed by atoms with E-state index in [-0.39, 0.29) is 18.4 Å². The van der Waals surface area contributed by atoms with Crippen LogP contribution in [0.2, 0.25) is 0 Å². The van der Waals surface area contributed by atoms with Gasteiger partial charge in [0.1, 0.15) is 17.8 Å². The Hall–Kier alpha value is -0.360. The summed E-state index contributed by atoms with van der Waals surface area (Å²) in [6.45, 7) is 7.40. The molecule has 4 bridgehead atoms. The van der Waals surface area contributed by atoms with Crippen LogP contribution in [-0.4, -0.2) is 107 Å². The van der Waals surface area contributed by atoms with Gasteiger partial charge in [0, 0.05) is 42.3 Å². The van der Waals surface area contributed by atoms with Gasteiger partial charge in [-0.25, -0.2) is 0 Å². The number of nitrogens with zero attached hydrogens (tertiary/aromatic N) is 1. The largest absolute Gasteiger partial charge is 0.393 e. The van der Waals surface area contributed by atoms with Gasteiger partial charge in [0.2, 0.25) is 0 Å². The number of aliphatic hydroxyl groups is 7. The minimum atomic E-state index is -1.85. The molecule has 3 heterocycles. The van der Waals surface area contributed by atoms with Crippen LogP contribution >= 0.6 is 0 Å². The second-order valence-electron chi connectivity index (χ2n) is 14.2. The van der Waals surface area contributed by atoms with Crippen LogP contribution in [0.4, 0.5) is 0 Å². The van der Waals surface area contributed by atoms with Crippen molar-refractivity contribution >= 4 is 0 Å². The third-order valence-corrected chi connectivity index (χ3v) is 12.8. The number of rotatable bonds is 0. The van der Waals surface area contributed by atoms with E-state index in [2.05, 4.69) is 11.8 Å². The highest BCUT2D eigenvalue weighted by molar-refractivity contribution is 5.33. The van der Waals surface area contributed by atoms with E-state index in [9.17, 15) is 35.7 Å². The Bertz CT molecular complexity index is 964. The molecule has 3 aliphatic heterocycles. The van der Waals surface area contributed by atoms with Crippen LogP contribution in [-0.2, 0) is 4.74 Å². The first-order valence-corrected chi connectivity index (χ1v) is 14.1. The lowest BCUT2D eigenvalue weighted by Crippen LogP contribution is -2.76. The molecule has 0 unspecified atom stereocenters. The van der Waals surface area contributed by atoms with E-state index in [1.165, 1.54) is 0 Å². The predicted molar refractivity (Wildman–Crippen MR) is 126 cm³/mol. The van der Waals surface area contributed by atoms with Crippen molar-refractivity contribution in [2.75, 3.05) is 13.1 Å². The second-order valence-corrected chi connectivity index (χ2v) is 14.2. The lowest BCUT2D eigenvalue weighted by molar-refractivity contribution is -0.295. The van der Waals surface area contributed by atoms with Crippen LogP contribution in [0.3, 0.4) is 0 Å². The number of hydrogen-bond acceptors (Lipinski definition) is 9. The maximum Gasteiger partial charge on any atom is 0.196 e. The second kappa shape index (κ2) is 7.04. The van der Waals surface area contributed by atoms with E-state index in [0.717, 1.165) is 19.4 Å². The molecule has 7 N–H and O–H groups in total. The summed E-state index contributed by atoms with van der Waals surface area (Å²) in [6, 6.07) is -0.130.